The van der Waals surface area contributed by atoms with Gasteiger partial charge in [-0.1, -0.05) is 12.1 Å². The first-order valence-corrected chi connectivity index (χ1v) is 9.25. The van der Waals surface area contributed by atoms with Crippen LogP contribution in [-0.4, -0.2) is 54.8 Å². The van der Waals surface area contributed by atoms with Crippen molar-refractivity contribution in [1.82, 2.24) is 9.88 Å². The van der Waals surface area contributed by atoms with Gasteiger partial charge >= 0.3 is 0 Å². The third-order valence-electron chi connectivity index (χ3n) is 4.38. The van der Waals surface area contributed by atoms with Gasteiger partial charge < -0.3 is 14.7 Å². The van der Waals surface area contributed by atoms with Crippen LogP contribution in [0.4, 0.5) is 5.13 Å². The summed E-state index contributed by atoms with van der Waals surface area (Å²) in [6, 6.07) is 7.69. The van der Waals surface area contributed by atoms with Crippen LogP contribution in [0.25, 0.3) is 0 Å². The van der Waals surface area contributed by atoms with Crippen molar-refractivity contribution < 1.29 is 9.84 Å². The minimum atomic E-state index is -0.492. The maximum atomic E-state index is 10.5. The van der Waals surface area contributed by atoms with Crippen LogP contribution in [0.5, 0.6) is 5.75 Å². The summed E-state index contributed by atoms with van der Waals surface area (Å²) in [6.45, 7) is 6.62. The standard InChI is InChI=1S/C18H25N3O2S/c1-14-13-24-18(19-14)21-8-4-7-20(9-10-21)12-17(22)15-5-3-6-16(11-15)23-2/h3,5-6,11,13,17,22H,4,7-10,12H2,1-2H3/t17-/m1/s1. The lowest BCUT2D eigenvalue weighted by atomic mass is 10.1. The number of rotatable bonds is 5. The summed E-state index contributed by atoms with van der Waals surface area (Å²) in [5.74, 6) is 0.785. The van der Waals surface area contributed by atoms with Gasteiger partial charge in [0.15, 0.2) is 5.13 Å². The number of aliphatic hydroxyl groups is 1. The van der Waals surface area contributed by atoms with Crippen molar-refractivity contribution in [2.45, 2.75) is 19.4 Å². The number of methoxy groups -OCH3 is 1. The van der Waals surface area contributed by atoms with Crippen LogP contribution in [0.1, 0.15) is 23.8 Å². The summed E-state index contributed by atoms with van der Waals surface area (Å²) >= 11 is 1.71. The molecule has 24 heavy (non-hydrogen) atoms. The number of β-amino-alcohol motifs (C(OH)–C–C–N with tert-alkyl or cyclic N) is 1. The summed E-state index contributed by atoms with van der Waals surface area (Å²) in [5, 5.41) is 13.8. The average molecular weight is 347 g/mol. The number of hydrogen-bond acceptors (Lipinski definition) is 6. The summed E-state index contributed by atoms with van der Waals surface area (Å²) in [6.07, 6.45) is 0.595. The molecule has 0 unspecified atom stereocenters. The maximum Gasteiger partial charge on any atom is 0.185 e. The molecule has 0 amide bonds. The zero-order chi connectivity index (χ0) is 16.9. The zero-order valence-electron chi connectivity index (χ0n) is 14.3. The minimum absolute atomic E-state index is 0.492. The largest absolute Gasteiger partial charge is 0.497 e. The Morgan fingerprint density at radius 2 is 2.17 bits per heavy atom. The molecule has 0 radical (unpaired) electrons. The van der Waals surface area contributed by atoms with Gasteiger partial charge in [0.1, 0.15) is 5.75 Å². The first kappa shape index (κ1) is 17.2. The van der Waals surface area contributed by atoms with Crippen LogP contribution in [-0.2, 0) is 0 Å². The van der Waals surface area contributed by atoms with Gasteiger partial charge in [-0.2, -0.15) is 0 Å². The molecule has 3 rings (SSSR count). The molecule has 1 N–H and O–H groups in total. The molecule has 2 heterocycles. The molecular weight excluding hydrogens is 322 g/mol. The molecule has 1 saturated heterocycles. The van der Waals surface area contributed by atoms with Crippen LogP contribution in [0.2, 0.25) is 0 Å². The Morgan fingerprint density at radius 3 is 2.92 bits per heavy atom. The number of benzene rings is 1. The predicted octanol–water partition coefficient (Wildman–Crippen LogP) is 2.71. The molecule has 1 aliphatic rings. The van der Waals surface area contributed by atoms with E-state index in [0.29, 0.717) is 6.54 Å². The second-order valence-corrected chi connectivity index (χ2v) is 7.04. The second-order valence-electron chi connectivity index (χ2n) is 6.21. The highest BCUT2D eigenvalue weighted by Gasteiger charge is 2.20. The quantitative estimate of drug-likeness (QED) is 0.901. The Bertz CT molecular complexity index is 661. The van der Waals surface area contributed by atoms with Gasteiger partial charge in [0.05, 0.1) is 18.9 Å². The number of aromatic nitrogens is 1. The van der Waals surface area contributed by atoms with Crippen molar-refractivity contribution >= 4 is 16.5 Å². The lowest BCUT2D eigenvalue weighted by Gasteiger charge is -2.24. The normalized spacial score (nSPS) is 17.5. The molecule has 5 nitrogen and oxygen atoms in total. The van der Waals surface area contributed by atoms with Crippen molar-refractivity contribution in [3.63, 3.8) is 0 Å². The molecule has 6 heteroatoms. The Morgan fingerprint density at radius 1 is 1.29 bits per heavy atom. The van der Waals surface area contributed by atoms with E-state index >= 15 is 0 Å². The van der Waals surface area contributed by atoms with Crippen LogP contribution in [0.3, 0.4) is 0 Å². The topological polar surface area (TPSA) is 48.8 Å². The molecular formula is C18H25N3O2S. The SMILES string of the molecule is COc1cccc([C@H](O)CN2CCCN(c3nc(C)cs3)CC2)c1. The van der Waals surface area contributed by atoms with E-state index in [-0.39, 0.29) is 0 Å². The van der Waals surface area contributed by atoms with Gasteiger partial charge in [-0.05, 0) is 31.0 Å². The van der Waals surface area contributed by atoms with E-state index < -0.39 is 6.10 Å². The van der Waals surface area contributed by atoms with Gasteiger partial charge in [-0.25, -0.2) is 4.98 Å². The highest BCUT2D eigenvalue weighted by atomic mass is 32.1. The summed E-state index contributed by atoms with van der Waals surface area (Å²) in [5.41, 5.74) is 2.00. The van der Waals surface area contributed by atoms with Gasteiger partial charge in [-0.15, -0.1) is 11.3 Å². The molecule has 0 saturated carbocycles. The summed E-state index contributed by atoms with van der Waals surface area (Å²) < 4.78 is 5.24. The van der Waals surface area contributed by atoms with E-state index in [4.69, 9.17) is 4.74 Å². The van der Waals surface area contributed by atoms with E-state index in [0.717, 1.165) is 54.7 Å². The van der Waals surface area contributed by atoms with Crippen molar-refractivity contribution in [3.8, 4) is 5.75 Å². The van der Waals surface area contributed by atoms with E-state index in [1.807, 2.05) is 31.2 Å². The predicted molar refractivity (Wildman–Crippen MR) is 98.1 cm³/mol. The molecule has 1 aromatic heterocycles. The van der Waals surface area contributed by atoms with E-state index in [2.05, 4.69) is 20.2 Å². The highest BCUT2D eigenvalue weighted by molar-refractivity contribution is 7.13. The summed E-state index contributed by atoms with van der Waals surface area (Å²) in [4.78, 5) is 9.29. The molecule has 130 valence electrons. The minimum Gasteiger partial charge on any atom is -0.497 e. The van der Waals surface area contributed by atoms with E-state index in [1.54, 1.807) is 18.4 Å². The molecule has 0 bridgehead atoms. The number of nitrogens with zero attached hydrogens (tertiary/aromatic N) is 3. The van der Waals surface area contributed by atoms with Crippen LogP contribution >= 0.6 is 11.3 Å². The Balaban J connectivity index is 1.57. The Hall–Kier alpha value is -1.63. The highest BCUT2D eigenvalue weighted by Crippen LogP contribution is 2.23. The molecule has 0 spiro atoms. The van der Waals surface area contributed by atoms with Crippen molar-refractivity contribution in [2.75, 3.05) is 44.7 Å². The molecule has 1 atom stereocenters. The first-order chi connectivity index (χ1) is 11.7. The zero-order valence-corrected chi connectivity index (χ0v) is 15.1. The van der Waals surface area contributed by atoms with Gasteiger partial charge in [0.25, 0.3) is 0 Å². The fraction of sp³-hybridized carbons (Fsp3) is 0.500. The van der Waals surface area contributed by atoms with Crippen molar-refractivity contribution in [3.05, 3.63) is 40.9 Å². The number of ether oxygens (including phenoxy) is 1. The number of thiazole rings is 1. The van der Waals surface area contributed by atoms with Crippen molar-refractivity contribution in [2.24, 2.45) is 0 Å². The Labute approximate surface area is 147 Å². The number of aryl methyl sites for hydroxylation is 1. The average Bonchev–Trinajstić information content (AvgIpc) is 2.90. The molecule has 0 aliphatic carbocycles. The monoisotopic (exact) mass is 347 g/mol. The van der Waals surface area contributed by atoms with Crippen LogP contribution < -0.4 is 9.64 Å². The smallest absolute Gasteiger partial charge is 0.185 e. The van der Waals surface area contributed by atoms with Crippen LogP contribution in [0.15, 0.2) is 29.6 Å². The maximum absolute atomic E-state index is 10.5. The van der Waals surface area contributed by atoms with Crippen LogP contribution in [0, 0.1) is 6.92 Å². The third-order valence-corrected chi connectivity index (χ3v) is 5.39. The van der Waals surface area contributed by atoms with Gasteiger partial charge in [0.2, 0.25) is 0 Å². The fourth-order valence-corrected chi connectivity index (χ4v) is 3.89. The van der Waals surface area contributed by atoms with E-state index in [9.17, 15) is 5.11 Å². The Kier molecular flexibility index (Phi) is 5.71. The third kappa shape index (κ3) is 4.26. The van der Waals surface area contributed by atoms with Crippen molar-refractivity contribution in [1.29, 1.82) is 0 Å². The molecule has 1 aromatic carbocycles. The first-order valence-electron chi connectivity index (χ1n) is 8.37. The lowest BCUT2D eigenvalue weighted by molar-refractivity contribution is 0.117. The van der Waals surface area contributed by atoms with Gasteiger partial charge in [-0.3, -0.25) is 4.90 Å². The summed E-state index contributed by atoms with van der Waals surface area (Å²) in [7, 11) is 1.65. The molecule has 1 aliphatic heterocycles. The second kappa shape index (κ2) is 7.96. The number of anilines is 1. The van der Waals surface area contributed by atoms with Gasteiger partial charge in [0, 0.05) is 38.1 Å². The number of hydrogen-bond donors (Lipinski definition) is 1. The molecule has 1 fully saturated rings. The number of aliphatic hydroxyl groups excluding tert-OH is 1. The lowest BCUT2D eigenvalue weighted by Crippen LogP contribution is -2.33. The fourth-order valence-electron chi connectivity index (χ4n) is 3.03. The van der Waals surface area contributed by atoms with E-state index in [1.165, 1.54) is 0 Å². The molecule has 2 aromatic rings.